The highest BCUT2D eigenvalue weighted by Crippen LogP contribution is 2.30. The molecule has 0 saturated carbocycles. The van der Waals surface area contributed by atoms with Crippen molar-refractivity contribution in [1.82, 2.24) is 14.6 Å². The van der Waals surface area contributed by atoms with Crippen molar-refractivity contribution < 1.29 is 4.39 Å². The quantitative estimate of drug-likeness (QED) is 0.837. The molecule has 2 fully saturated rings. The maximum atomic E-state index is 13.1. The summed E-state index contributed by atoms with van der Waals surface area (Å²) in [5, 5.41) is 5.15. The lowest BCUT2D eigenvalue weighted by Crippen LogP contribution is -2.48. The summed E-state index contributed by atoms with van der Waals surface area (Å²) in [5.41, 5.74) is 2.44. The smallest absolute Gasteiger partial charge is 0.123 e. The minimum Gasteiger partial charge on any atom is -0.324 e. The summed E-state index contributed by atoms with van der Waals surface area (Å²) < 4.78 is 15.2. The van der Waals surface area contributed by atoms with Gasteiger partial charge in [0.1, 0.15) is 5.82 Å². The van der Waals surface area contributed by atoms with Gasteiger partial charge in [-0.3, -0.25) is 0 Å². The fraction of sp³-hybridized carbons (Fsp3) is 0.500. The molecule has 128 valence electrons. The summed E-state index contributed by atoms with van der Waals surface area (Å²) in [4.78, 5) is 0. The fourth-order valence-electron chi connectivity index (χ4n) is 4.07. The summed E-state index contributed by atoms with van der Waals surface area (Å²) in [7, 11) is 0. The zero-order valence-corrected chi connectivity index (χ0v) is 14.2. The lowest BCUT2D eigenvalue weighted by molar-refractivity contribution is -0.0552. The first-order valence-electron chi connectivity index (χ1n) is 9.23. The molecule has 0 radical (unpaired) electrons. The summed E-state index contributed by atoms with van der Waals surface area (Å²) in [6.07, 6.45) is 10.9. The molecule has 2 aliphatic heterocycles. The topological polar surface area (TPSA) is 11.4 Å². The van der Waals surface area contributed by atoms with Crippen LogP contribution in [0.1, 0.15) is 43.6 Å². The molecular weight excluding hydrogens is 301 g/mol. The van der Waals surface area contributed by atoms with Gasteiger partial charge >= 0.3 is 0 Å². The van der Waals surface area contributed by atoms with Crippen LogP contribution in [0.3, 0.4) is 0 Å². The summed E-state index contributed by atoms with van der Waals surface area (Å²) in [5.74, 6) is 0.462. The Kier molecular flexibility index (Phi) is 4.67. The van der Waals surface area contributed by atoms with E-state index in [0.29, 0.717) is 5.92 Å². The van der Waals surface area contributed by atoms with Crippen LogP contribution in [0, 0.1) is 5.82 Å². The molecule has 0 N–H and O–H groups in total. The third-order valence-corrected chi connectivity index (χ3v) is 5.52. The molecule has 4 rings (SSSR count). The van der Waals surface area contributed by atoms with Crippen LogP contribution in [-0.2, 0) is 0 Å². The number of benzene rings is 1. The number of nitrogens with zero attached hydrogens (tertiary/aromatic N) is 3. The molecule has 3 heterocycles. The highest BCUT2D eigenvalue weighted by atomic mass is 19.1. The molecular formula is C20H26FN3. The van der Waals surface area contributed by atoms with E-state index in [1.807, 2.05) is 12.1 Å². The average molecular weight is 327 g/mol. The second-order valence-electron chi connectivity index (χ2n) is 7.07. The Morgan fingerprint density at radius 2 is 1.46 bits per heavy atom. The van der Waals surface area contributed by atoms with Crippen LogP contribution in [0.15, 0.2) is 42.7 Å². The van der Waals surface area contributed by atoms with Gasteiger partial charge in [-0.1, -0.05) is 6.42 Å². The molecule has 4 heteroatoms. The van der Waals surface area contributed by atoms with Crippen LogP contribution < -0.4 is 0 Å². The van der Waals surface area contributed by atoms with Crippen LogP contribution in [-0.4, -0.2) is 40.8 Å². The molecule has 0 spiro atoms. The lowest BCUT2D eigenvalue weighted by Gasteiger charge is -2.41. The summed E-state index contributed by atoms with van der Waals surface area (Å²) in [6, 6.07) is 8.93. The SMILES string of the molecule is Fc1ccc(-n2ccc(C3CCN(N4CCCCC4)CC3)c2)cc1. The molecule has 3 nitrogen and oxygen atoms in total. The fourth-order valence-corrected chi connectivity index (χ4v) is 4.07. The monoisotopic (exact) mass is 327 g/mol. The largest absolute Gasteiger partial charge is 0.324 e. The molecule has 0 unspecified atom stereocenters. The lowest BCUT2D eigenvalue weighted by atomic mass is 9.92. The summed E-state index contributed by atoms with van der Waals surface area (Å²) >= 11 is 0. The maximum Gasteiger partial charge on any atom is 0.123 e. The molecule has 2 saturated heterocycles. The van der Waals surface area contributed by atoms with Crippen molar-refractivity contribution in [2.24, 2.45) is 0 Å². The van der Waals surface area contributed by atoms with Crippen molar-refractivity contribution in [3.8, 4) is 5.69 Å². The van der Waals surface area contributed by atoms with Crippen molar-refractivity contribution in [3.05, 3.63) is 54.1 Å². The minimum atomic E-state index is -0.184. The van der Waals surface area contributed by atoms with Gasteiger partial charge < -0.3 is 4.57 Å². The highest BCUT2D eigenvalue weighted by molar-refractivity contribution is 5.34. The molecule has 1 aromatic carbocycles. The molecule has 0 aliphatic carbocycles. The van der Waals surface area contributed by atoms with Gasteiger partial charge in [0.15, 0.2) is 0 Å². The number of aromatic nitrogens is 1. The third kappa shape index (κ3) is 3.40. The first-order chi connectivity index (χ1) is 11.8. The van der Waals surface area contributed by atoms with E-state index in [4.69, 9.17) is 0 Å². The number of hydrogen-bond acceptors (Lipinski definition) is 2. The van der Waals surface area contributed by atoms with E-state index in [2.05, 4.69) is 33.0 Å². The standard InChI is InChI=1S/C20H26FN3/c21-19-4-6-20(7-5-19)22-13-8-18(16-22)17-9-14-24(15-10-17)23-11-2-1-3-12-23/h4-8,13,16-17H,1-3,9-12,14-15H2. The van der Waals surface area contributed by atoms with E-state index in [1.54, 1.807) is 0 Å². The second-order valence-corrected chi connectivity index (χ2v) is 7.07. The third-order valence-electron chi connectivity index (χ3n) is 5.52. The molecule has 24 heavy (non-hydrogen) atoms. The zero-order valence-electron chi connectivity index (χ0n) is 14.2. The Morgan fingerprint density at radius 1 is 0.792 bits per heavy atom. The van der Waals surface area contributed by atoms with Gasteiger partial charge in [-0.15, -0.1) is 0 Å². The molecule has 2 aliphatic rings. The first-order valence-corrected chi connectivity index (χ1v) is 9.23. The van der Waals surface area contributed by atoms with E-state index in [0.717, 1.165) is 5.69 Å². The van der Waals surface area contributed by atoms with Crippen molar-refractivity contribution in [3.63, 3.8) is 0 Å². The van der Waals surface area contributed by atoms with Gasteiger partial charge in [-0.05, 0) is 67.5 Å². The van der Waals surface area contributed by atoms with Crippen LogP contribution in [0.4, 0.5) is 4.39 Å². The van der Waals surface area contributed by atoms with E-state index < -0.39 is 0 Å². The Labute approximate surface area is 143 Å². The number of halogens is 1. The number of hydrogen-bond donors (Lipinski definition) is 0. The predicted molar refractivity (Wildman–Crippen MR) is 94.7 cm³/mol. The summed E-state index contributed by atoms with van der Waals surface area (Å²) in [6.45, 7) is 4.83. The van der Waals surface area contributed by atoms with Gasteiger partial charge in [0.05, 0.1) is 0 Å². The maximum absolute atomic E-state index is 13.1. The average Bonchev–Trinajstić information content (AvgIpc) is 3.13. The van der Waals surface area contributed by atoms with Gasteiger partial charge in [0.2, 0.25) is 0 Å². The molecule has 0 amide bonds. The van der Waals surface area contributed by atoms with Crippen LogP contribution >= 0.6 is 0 Å². The number of rotatable bonds is 3. The number of hydrazine groups is 1. The highest BCUT2D eigenvalue weighted by Gasteiger charge is 2.25. The van der Waals surface area contributed by atoms with Crippen LogP contribution in [0.25, 0.3) is 5.69 Å². The van der Waals surface area contributed by atoms with Gasteiger partial charge in [-0.25, -0.2) is 14.4 Å². The van der Waals surface area contributed by atoms with Gasteiger partial charge in [0.25, 0.3) is 0 Å². The minimum absolute atomic E-state index is 0.184. The first kappa shape index (κ1) is 15.9. The predicted octanol–water partition coefficient (Wildman–Crippen LogP) is 4.20. The van der Waals surface area contributed by atoms with Crippen molar-refractivity contribution in [1.29, 1.82) is 0 Å². The van der Waals surface area contributed by atoms with E-state index >= 15 is 0 Å². The molecule has 2 aromatic rings. The van der Waals surface area contributed by atoms with Crippen molar-refractivity contribution >= 4 is 0 Å². The van der Waals surface area contributed by atoms with E-state index in [1.165, 1.54) is 76.0 Å². The number of piperidine rings is 2. The van der Waals surface area contributed by atoms with E-state index in [-0.39, 0.29) is 5.82 Å². The van der Waals surface area contributed by atoms with Crippen LogP contribution in [0.2, 0.25) is 0 Å². The van der Waals surface area contributed by atoms with Crippen molar-refractivity contribution in [2.45, 2.75) is 38.0 Å². The Hall–Kier alpha value is -1.65. The molecule has 0 atom stereocenters. The Morgan fingerprint density at radius 3 is 2.17 bits per heavy atom. The van der Waals surface area contributed by atoms with Crippen molar-refractivity contribution in [2.75, 3.05) is 26.2 Å². The second kappa shape index (κ2) is 7.08. The zero-order chi connectivity index (χ0) is 16.4. The van der Waals surface area contributed by atoms with E-state index in [9.17, 15) is 4.39 Å². The molecule has 1 aromatic heterocycles. The van der Waals surface area contributed by atoms with Crippen LogP contribution in [0.5, 0.6) is 0 Å². The normalized spacial score (nSPS) is 21.2. The Balaban J connectivity index is 1.38. The molecule has 0 bridgehead atoms. The van der Waals surface area contributed by atoms with Gasteiger partial charge in [0, 0.05) is 44.3 Å². The van der Waals surface area contributed by atoms with Gasteiger partial charge in [-0.2, -0.15) is 0 Å². The Bertz CT molecular complexity index is 650.